The molecule has 10 nitrogen and oxygen atoms in total. The molecule has 2 amide bonds. The van der Waals surface area contributed by atoms with Crippen LogP contribution in [0.1, 0.15) is 23.2 Å². The zero-order valence-electron chi connectivity index (χ0n) is 16.3. The molecule has 0 spiro atoms. The number of nitrogens with zero attached hydrogens (tertiary/aromatic N) is 2. The molecule has 3 rings (SSSR count). The fourth-order valence-electron chi connectivity index (χ4n) is 2.92. The lowest BCUT2D eigenvalue weighted by Crippen LogP contribution is -2.35. The van der Waals surface area contributed by atoms with Gasteiger partial charge in [0, 0.05) is 24.1 Å². The van der Waals surface area contributed by atoms with Crippen LogP contribution < -0.4 is 9.47 Å². The highest BCUT2D eigenvalue weighted by atomic mass is 35.5. The fourth-order valence-corrected chi connectivity index (χ4v) is 3.08. The van der Waals surface area contributed by atoms with E-state index in [9.17, 15) is 24.5 Å². The SMILES string of the molecule is COc1cc(C(=O)OCC(=O)N2CCCC2=O)ccc1Oc1ccc(Cl)cc1[N+](=O)[O-]. The maximum Gasteiger partial charge on any atom is 0.338 e. The second kappa shape index (κ2) is 9.43. The molecule has 0 atom stereocenters. The van der Waals surface area contributed by atoms with Crippen LogP contribution in [0.3, 0.4) is 0 Å². The molecule has 31 heavy (non-hydrogen) atoms. The monoisotopic (exact) mass is 448 g/mol. The largest absolute Gasteiger partial charge is 0.493 e. The molecule has 1 heterocycles. The lowest BCUT2D eigenvalue weighted by atomic mass is 10.2. The summed E-state index contributed by atoms with van der Waals surface area (Å²) in [6.45, 7) is -0.256. The van der Waals surface area contributed by atoms with Crippen LogP contribution >= 0.6 is 11.6 Å². The van der Waals surface area contributed by atoms with Gasteiger partial charge in [0.1, 0.15) is 0 Å². The van der Waals surface area contributed by atoms with Gasteiger partial charge in [0.2, 0.25) is 11.7 Å². The summed E-state index contributed by atoms with van der Waals surface area (Å²) in [4.78, 5) is 47.5. The van der Waals surface area contributed by atoms with Gasteiger partial charge in [0.25, 0.3) is 5.91 Å². The number of halogens is 1. The van der Waals surface area contributed by atoms with Crippen molar-refractivity contribution < 1.29 is 33.5 Å². The molecule has 2 aromatic rings. The quantitative estimate of drug-likeness (QED) is 0.358. The first kappa shape index (κ1) is 22.0. The van der Waals surface area contributed by atoms with Gasteiger partial charge in [-0.1, -0.05) is 11.6 Å². The number of esters is 1. The average molecular weight is 449 g/mol. The van der Waals surface area contributed by atoms with Gasteiger partial charge in [0.15, 0.2) is 18.1 Å². The second-order valence-electron chi connectivity index (χ2n) is 6.46. The van der Waals surface area contributed by atoms with Crippen LogP contribution in [-0.4, -0.2) is 47.9 Å². The van der Waals surface area contributed by atoms with Crippen molar-refractivity contribution in [3.05, 3.63) is 57.1 Å². The Morgan fingerprint density at radius 1 is 1.16 bits per heavy atom. The first-order chi connectivity index (χ1) is 14.8. The van der Waals surface area contributed by atoms with E-state index in [2.05, 4.69) is 0 Å². The van der Waals surface area contributed by atoms with E-state index in [1.54, 1.807) is 0 Å². The number of hydrogen-bond acceptors (Lipinski definition) is 8. The van der Waals surface area contributed by atoms with Crippen molar-refractivity contribution in [1.82, 2.24) is 4.90 Å². The molecule has 11 heteroatoms. The topological polar surface area (TPSA) is 125 Å². The van der Waals surface area contributed by atoms with E-state index in [1.165, 1.54) is 37.4 Å². The van der Waals surface area contributed by atoms with Crippen molar-refractivity contribution in [1.29, 1.82) is 0 Å². The Bertz CT molecular complexity index is 1060. The second-order valence-corrected chi connectivity index (χ2v) is 6.89. The molecular weight excluding hydrogens is 432 g/mol. The number of likely N-dealkylation sites (tertiary alicyclic amines) is 1. The van der Waals surface area contributed by atoms with E-state index in [0.29, 0.717) is 19.4 Å². The Morgan fingerprint density at radius 2 is 1.90 bits per heavy atom. The zero-order chi connectivity index (χ0) is 22.5. The molecule has 1 fully saturated rings. The maximum atomic E-state index is 12.3. The maximum absolute atomic E-state index is 12.3. The molecule has 1 aliphatic heterocycles. The number of ether oxygens (including phenoxy) is 3. The van der Waals surface area contributed by atoms with Crippen LogP contribution in [0.4, 0.5) is 5.69 Å². The van der Waals surface area contributed by atoms with Gasteiger partial charge < -0.3 is 14.2 Å². The molecule has 0 saturated carbocycles. The summed E-state index contributed by atoms with van der Waals surface area (Å²) in [5.74, 6) is -1.52. The number of benzene rings is 2. The van der Waals surface area contributed by atoms with Gasteiger partial charge in [-0.05, 0) is 36.8 Å². The number of methoxy groups -OCH3 is 1. The molecule has 0 unspecified atom stereocenters. The molecule has 162 valence electrons. The van der Waals surface area contributed by atoms with Crippen molar-refractivity contribution in [2.75, 3.05) is 20.3 Å². The summed E-state index contributed by atoms with van der Waals surface area (Å²) in [5, 5.41) is 11.4. The van der Waals surface area contributed by atoms with E-state index in [1.807, 2.05) is 0 Å². The van der Waals surface area contributed by atoms with Gasteiger partial charge >= 0.3 is 11.7 Å². The lowest BCUT2D eigenvalue weighted by molar-refractivity contribution is -0.385. The predicted molar refractivity (Wildman–Crippen MR) is 107 cm³/mol. The smallest absolute Gasteiger partial charge is 0.338 e. The standard InChI is InChI=1S/C20H17ClN2O8/c1-29-17-9-12(20(26)30-11-19(25)22-8-2-3-18(22)24)4-6-16(17)31-15-7-5-13(21)10-14(15)23(27)28/h4-7,9-10H,2-3,8,11H2,1H3. The first-order valence-corrected chi connectivity index (χ1v) is 9.48. The summed E-state index contributed by atoms with van der Waals surface area (Å²) in [6.07, 6.45) is 0.882. The highest BCUT2D eigenvalue weighted by molar-refractivity contribution is 6.30. The zero-order valence-corrected chi connectivity index (χ0v) is 17.1. The Balaban J connectivity index is 1.72. The van der Waals surface area contributed by atoms with Crippen LogP contribution in [-0.2, 0) is 14.3 Å². The number of carbonyl (C=O) groups is 3. The highest BCUT2D eigenvalue weighted by Crippen LogP contribution is 2.38. The molecular formula is C20H17ClN2O8. The molecule has 2 aromatic carbocycles. The van der Waals surface area contributed by atoms with Crippen molar-refractivity contribution >= 4 is 35.1 Å². The van der Waals surface area contributed by atoms with Crippen LogP contribution in [0, 0.1) is 10.1 Å². The minimum Gasteiger partial charge on any atom is -0.493 e. The van der Waals surface area contributed by atoms with Crippen molar-refractivity contribution in [2.45, 2.75) is 12.8 Å². The molecule has 0 bridgehead atoms. The van der Waals surface area contributed by atoms with E-state index >= 15 is 0 Å². The van der Waals surface area contributed by atoms with Crippen molar-refractivity contribution in [3.8, 4) is 17.2 Å². The number of imide groups is 1. The van der Waals surface area contributed by atoms with E-state index < -0.39 is 23.4 Å². The molecule has 1 aliphatic rings. The van der Waals surface area contributed by atoms with Gasteiger partial charge in [-0.2, -0.15) is 0 Å². The number of carbonyl (C=O) groups excluding carboxylic acids is 3. The van der Waals surface area contributed by atoms with E-state index in [4.69, 9.17) is 25.8 Å². The first-order valence-electron chi connectivity index (χ1n) is 9.10. The third-order valence-electron chi connectivity index (χ3n) is 4.44. The molecule has 0 N–H and O–H groups in total. The lowest BCUT2D eigenvalue weighted by Gasteiger charge is -2.14. The third kappa shape index (κ3) is 5.10. The summed E-state index contributed by atoms with van der Waals surface area (Å²) in [7, 11) is 1.33. The van der Waals surface area contributed by atoms with Gasteiger partial charge in [-0.15, -0.1) is 0 Å². The fraction of sp³-hybridized carbons (Fsp3) is 0.250. The normalized spacial score (nSPS) is 13.1. The predicted octanol–water partition coefficient (Wildman–Crippen LogP) is 3.35. The van der Waals surface area contributed by atoms with Crippen molar-refractivity contribution in [3.63, 3.8) is 0 Å². The van der Waals surface area contributed by atoms with Gasteiger partial charge in [-0.25, -0.2) is 4.79 Å². The number of nitro groups is 1. The van der Waals surface area contributed by atoms with Crippen LogP contribution in [0.15, 0.2) is 36.4 Å². The Hall–Kier alpha value is -3.66. The number of amides is 2. The molecule has 1 saturated heterocycles. The van der Waals surface area contributed by atoms with E-state index in [0.717, 1.165) is 11.0 Å². The molecule has 0 aromatic heterocycles. The molecule has 0 aliphatic carbocycles. The third-order valence-corrected chi connectivity index (χ3v) is 4.67. The summed E-state index contributed by atoms with van der Waals surface area (Å²) >= 11 is 5.80. The molecule has 0 radical (unpaired) electrons. The summed E-state index contributed by atoms with van der Waals surface area (Å²) in [5.41, 5.74) is -0.275. The Kier molecular flexibility index (Phi) is 6.71. The van der Waals surface area contributed by atoms with Crippen molar-refractivity contribution in [2.24, 2.45) is 0 Å². The number of rotatable bonds is 7. The van der Waals surface area contributed by atoms with Gasteiger partial charge in [-0.3, -0.25) is 24.6 Å². The number of nitro benzene ring substituents is 1. The Morgan fingerprint density at radius 3 is 2.55 bits per heavy atom. The minimum absolute atomic E-state index is 0.0651. The number of hydrogen-bond donors (Lipinski definition) is 0. The summed E-state index contributed by atoms with van der Waals surface area (Å²) < 4.78 is 15.8. The van der Waals surface area contributed by atoms with Crippen LogP contribution in [0.5, 0.6) is 17.2 Å². The summed E-state index contributed by atoms with van der Waals surface area (Å²) in [6, 6.07) is 7.96. The van der Waals surface area contributed by atoms with Crippen LogP contribution in [0.2, 0.25) is 5.02 Å². The Labute approximate surface area is 181 Å². The minimum atomic E-state index is -0.803. The highest BCUT2D eigenvalue weighted by Gasteiger charge is 2.27. The van der Waals surface area contributed by atoms with Crippen LogP contribution in [0.25, 0.3) is 0 Å². The average Bonchev–Trinajstić information content (AvgIpc) is 3.19. The van der Waals surface area contributed by atoms with E-state index in [-0.39, 0.29) is 39.4 Å². The van der Waals surface area contributed by atoms with Gasteiger partial charge in [0.05, 0.1) is 17.6 Å².